The topological polar surface area (TPSA) is 95.2 Å². The maximum atomic E-state index is 12.3. The summed E-state index contributed by atoms with van der Waals surface area (Å²) >= 11 is 0. The number of halogens is 3. The molecule has 1 aromatic heterocycles. The highest BCUT2D eigenvalue weighted by molar-refractivity contribution is 5.97. The Morgan fingerprint density at radius 1 is 1.53 bits per heavy atom. The second-order valence-corrected chi connectivity index (χ2v) is 3.88. The maximum Gasteiger partial charge on any atom is 0.406 e. The van der Waals surface area contributed by atoms with Gasteiger partial charge in [-0.3, -0.25) is 9.89 Å². The van der Waals surface area contributed by atoms with Crippen LogP contribution in [0.1, 0.15) is 23.1 Å². The number of H-pyrrole nitrogens is 1. The molecule has 0 aliphatic heterocycles. The molecule has 9 heteroatoms. The molecule has 0 saturated carbocycles. The van der Waals surface area contributed by atoms with E-state index >= 15 is 0 Å². The summed E-state index contributed by atoms with van der Waals surface area (Å²) < 4.78 is 37.0. The zero-order chi connectivity index (χ0) is 14.6. The fourth-order valence-electron chi connectivity index (χ4n) is 1.56. The van der Waals surface area contributed by atoms with E-state index < -0.39 is 31.8 Å². The predicted molar refractivity (Wildman–Crippen MR) is 61.4 cm³/mol. The number of anilines is 1. The van der Waals surface area contributed by atoms with Crippen molar-refractivity contribution in [1.82, 2.24) is 15.1 Å². The summed E-state index contributed by atoms with van der Waals surface area (Å²) in [7, 11) is 0. The molecule has 0 saturated heterocycles. The van der Waals surface area contributed by atoms with Gasteiger partial charge in [-0.15, -0.1) is 0 Å². The van der Waals surface area contributed by atoms with E-state index in [2.05, 4.69) is 10.2 Å². The molecular formula is C10H15F3N4O2. The first kappa shape index (κ1) is 15.3. The number of hydrogen-bond acceptors (Lipinski definition) is 4. The number of aliphatic hydroxyl groups is 1. The summed E-state index contributed by atoms with van der Waals surface area (Å²) in [4.78, 5) is 12.4. The van der Waals surface area contributed by atoms with Crippen molar-refractivity contribution in [1.29, 1.82) is 0 Å². The number of nitrogens with two attached hydrogens (primary N) is 1. The van der Waals surface area contributed by atoms with E-state index in [1.807, 2.05) is 0 Å². The summed E-state index contributed by atoms with van der Waals surface area (Å²) in [5.41, 5.74) is 5.90. The lowest BCUT2D eigenvalue weighted by molar-refractivity contribution is -0.141. The van der Waals surface area contributed by atoms with Gasteiger partial charge in [-0.2, -0.15) is 18.3 Å². The van der Waals surface area contributed by atoms with Crippen molar-refractivity contribution in [2.75, 3.05) is 25.4 Å². The van der Waals surface area contributed by atoms with Crippen LogP contribution >= 0.6 is 0 Å². The summed E-state index contributed by atoms with van der Waals surface area (Å²) in [6, 6.07) is 0. The largest absolute Gasteiger partial charge is 0.406 e. The molecule has 1 heterocycles. The lowest BCUT2D eigenvalue weighted by Gasteiger charge is -2.22. The molecule has 19 heavy (non-hydrogen) atoms. The molecule has 0 radical (unpaired) electrons. The third kappa shape index (κ3) is 3.85. The molecule has 1 rings (SSSR count). The van der Waals surface area contributed by atoms with Crippen molar-refractivity contribution in [3.63, 3.8) is 0 Å². The third-order valence-corrected chi connectivity index (χ3v) is 2.47. The fourth-order valence-corrected chi connectivity index (χ4v) is 1.56. The Morgan fingerprint density at radius 3 is 2.58 bits per heavy atom. The number of nitrogens with one attached hydrogen (secondary N) is 1. The smallest absolute Gasteiger partial charge is 0.395 e. The number of rotatable bonds is 5. The average molecular weight is 280 g/mol. The van der Waals surface area contributed by atoms with Gasteiger partial charge < -0.3 is 15.7 Å². The molecule has 0 atom stereocenters. The van der Waals surface area contributed by atoms with Gasteiger partial charge in [0, 0.05) is 6.54 Å². The first-order chi connectivity index (χ1) is 8.80. The van der Waals surface area contributed by atoms with Crippen LogP contribution in [-0.2, 0) is 6.42 Å². The van der Waals surface area contributed by atoms with Crippen molar-refractivity contribution >= 4 is 11.6 Å². The summed E-state index contributed by atoms with van der Waals surface area (Å²) in [5, 5.41) is 14.9. The second kappa shape index (κ2) is 5.91. The van der Waals surface area contributed by atoms with Gasteiger partial charge in [0.05, 0.1) is 18.0 Å². The first-order valence-corrected chi connectivity index (χ1v) is 5.59. The highest BCUT2D eigenvalue weighted by Gasteiger charge is 2.34. The van der Waals surface area contributed by atoms with Gasteiger partial charge in [-0.1, -0.05) is 6.92 Å². The van der Waals surface area contributed by atoms with Gasteiger partial charge in [0.15, 0.2) is 5.69 Å². The van der Waals surface area contributed by atoms with Crippen LogP contribution < -0.4 is 5.73 Å². The number of amides is 1. The third-order valence-electron chi connectivity index (χ3n) is 2.47. The number of nitrogen functional groups attached to an aromatic ring is 1. The lowest BCUT2D eigenvalue weighted by Crippen LogP contribution is -2.41. The van der Waals surface area contributed by atoms with Crippen LogP contribution in [0, 0.1) is 0 Å². The van der Waals surface area contributed by atoms with Crippen LogP contribution in [0.3, 0.4) is 0 Å². The number of hydrogen-bond donors (Lipinski definition) is 3. The van der Waals surface area contributed by atoms with Crippen LogP contribution in [0.25, 0.3) is 0 Å². The maximum absolute atomic E-state index is 12.3. The van der Waals surface area contributed by atoms with E-state index in [4.69, 9.17) is 10.8 Å². The van der Waals surface area contributed by atoms with Crippen LogP contribution in [0.5, 0.6) is 0 Å². The van der Waals surface area contributed by atoms with Crippen molar-refractivity contribution in [2.24, 2.45) is 0 Å². The molecule has 108 valence electrons. The minimum absolute atomic E-state index is 0.0395. The van der Waals surface area contributed by atoms with Crippen molar-refractivity contribution in [3.8, 4) is 0 Å². The van der Waals surface area contributed by atoms with E-state index in [-0.39, 0.29) is 11.4 Å². The SMILES string of the molecule is CCc1[nH]nc(C(=O)N(CCO)CC(F)(F)F)c1N. The first-order valence-electron chi connectivity index (χ1n) is 5.59. The van der Waals surface area contributed by atoms with Gasteiger partial charge in [0.1, 0.15) is 6.54 Å². The van der Waals surface area contributed by atoms with Gasteiger partial charge >= 0.3 is 6.18 Å². The molecule has 0 spiro atoms. The zero-order valence-corrected chi connectivity index (χ0v) is 10.3. The van der Waals surface area contributed by atoms with Gasteiger partial charge in [0.25, 0.3) is 5.91 Å². The molecular weight excluding hydrogens is 265 g/mol. The number of aliphatic hydroxyl groups excluding tert-OH is 1. The van der Waals surface area contributed by atoms with E-state index in [0.29, 0.717) is 17.0 Å². The van der Waals surface area contributed by atoms with Crippen molar-refractivity contribution in [2.45, 2.75) is 19.5 Å². The summed E-state index contributed by atoms with van der Waals surface area (Å²) in [5.74, 6) is -0.958. The number of aryl methyl sites for hydroxylation is 1. The molecule has 0 fully saturated rings. The molecule has 4 N–H and O–H groups in total. The monoisotopic (exact) mass is 280 g/mol. The predicted octanol–water partition coefficient (Wildman–Crippen LogP) is 0.551. The molecule has 0 aliphatic carbocycles. The quantitative estimate of drug-likeness (QED) is 0.734. The van der Waals surface area contributed by atoms with Crippen LogP contribution in [0.2, 0.25) is 0 Å². The minimum Gasteiger partial charge on any atom is -0.395 e. The number of carbonyl (C=O) groups excluding carboxylic acids is 1. The second-order valence-electron chi connectivity index (χ2n) is 3.88. The van der Waals surface area contributed by atoms with Gasteiger partial charge in [0.2, 0.25) is 0 Å². The average Bonchev–Trinajstić information content (AvgIpc) is 2.67. The summed E-state index contributed by atoms with van der Waals surface area (Å²) in [6.07, 6.45) is -4.07. The molecule has 0 aromatic carbocycles. The van der Waals surface area contributed by atoms with E-state index in [9.17, 15) is 18.0 Å². The highest BCUT2D eigenvalue weighted by Crippen LogP contribution is 2.20. The molecule has 1 aromatic rings. The minimum atomic E-state index is -4.55. The van der Waals surface area contributed by atoms with Crippen molar-refractivity contribution < 1.29 is 23.1 Å². The van der Waals surface area contributed by atoms with Crippen LogP contribution in [0.15, 0.2) is 0 Å². The Morgan fingerprint density at radius 2 is 2.16 bits per heavy atom. The summed E-state index contributed by atoms with van der Waals surface area (Å²) in [6.45, 7) is -0.710. The van der Waals surface area contributed by atoms with Crippen molar-refractivity contribution in [3.05, 3.63) is 11.4 Å². The Hall–Kier alpha value is -1.77. The Kier molecular flexibility index (Phi) is 4.76. The van der Waals surface area contributed by atoms with E-state index in [1.54, 1.807) is 6.92 Å². The van der Waals surface area contributed by atoms with E-state index in [0.717, 1.165) is 0 Å². The zero-order valence-electron chi connectivity index (χ0n) is 10.3. The number of aromatic nitrogens is 2. The number of alkyl halides is 3. The highest BCUT2D eigenvalue weighted by atomic mass is 19.4. The standard InChI is InChI=1S/C10H15F3N4O2/c1-2-6-7(14)8(16-15-6)9(19)17(3-4-18)5-10(11,12)13/h18H,2-5,14H2,1H3,(H,15,16). The Balaban J connectivity index is 2.95. The van der Waals surface area contributed by atoms with Crippen LogP contribution in [-0.4, -0.2) is 52.0 Å². The molecule has 0 unspecified atom stereocenters. The van der Waals surface area contributed by atoms with E-state index in [1.165, 1.54) is 0 Å². The van der Waals surface area contributed by atoms with Gasteiger partial charge in [-0.05, 0) is 6.42 Å². The Labute approximate surface area is 107 Å². The fraction of sp³-hybridized carbons (Fsp3) is 0.600. The molecule has 0 aliphatic rings. The molecule has 6 nitrogen and oxygen atoms in total. The number of carbonyl (C=O) groups is 1. The lowest BCUT2D eigenvalue weighted by atomic mass is 10.2. The molecule has 0 bridgehead atoms. The molecule has 1 amide bonds. The normalized spacial score (nSPS) is 11.6. The van der Waals surface area contributed by atoms with Gasteiger partial charge in [-0.25, -0.2) is 0 Å². The Bertz CT molecular complexity index is 444. The van der Waals surface area contributed by atoms with Crippen LogP contribution in [0.4, 0.5) is 18.9 Å². The number of aromatic amines is 1. The number of nitrogens with zero attached hydrogens (tertiary/aromatic N) is 2.